The van der Waals surface area contributed by atoms with Crippen LogP contribution in [-0.4, -0.2) is 18.8 Å². The summed E-state index contributed by atoms with van der Waals surface area (Å²) in [6.07, 6.45) is 3.09. The second-order valence-electron chi connectivity index (χ2n) is 4.42. The Morgan fingerprint density at radius 3 is 2.17 bits per heavy atom. The van der Waals surface area contributed by atoms with Crippen LogP contribution in [0.15, 0.2) is 24.3 Å². The van der Waals surface area contributed by atoms with Gasteiger partial charge in [0.15, 0.2) is 0 Å². The topological polar surface area (TPSA) is 44.5 Å². The predicted octanol–water partition coefficient (Wildman–Crippen LogP) is 3.37. The third kappa shape index (κ3) is 4.57. The molecule has 0 amide bonds. The van der Waals surface area contributed by atoms with Gasteiger partial charge in [0, 0.05) is 6.04 Å². The first kappa shape index (κ1) is 14.8. The van der Waals surface area contributed by atoms with Crippen molar-refractivity contribution >= 4 is 0 Å². The summed E-state index contributed by atoms with van der Waals surface area (Å²) in [5.41, 5.74) is 6.11. The van der Waals surface area contributed by atoms with E-state index in [4.69, 9.17) is 15.2 Å². The maximum Gasteiger partial charge on any atom is 0.120 e. The minimum Gasteiger partial charge on any atom is -0.494 e. The Kier molecular flexibility index (Phi) is 6.58. The summed E-state index contributed by atoms with van der Waals surface area (Å²) in [6, 6.07) is 7.83. The molecule has 1 aromatic carbocycles. The van der Waals surface area contributed by atoms with Gasteiger partial charge in [-0.25, -0.2) is 0 Å². The van der Waals surface area contributed by atoms with Gasteiger partial charge in [0.1, 0.15) is 17.6 Å². The minimum absolute atomic E-state index is 0.0860. The van der Waals surface area contributed by atoms with Crippen molar-refractivity contribution in [3.8, 4) is 11.5 Å². The van der Waals surface area contributed by atoms with Crippen LogP contribution >= 0.6 is 0 Å². The molecule has 0 fully saturated rings. The Morgan fingerprint density at radius 1 is 1.06 bits per heavy atom. The molecule has 1 rings (SSSR count). The Hall–Kier alpha value is -1.22. The van der Waals surface area contributed by atoms with Crippen molar-refractivity contribution in [1.82, 2.24) is 0 Å². The molecule has 0 saturated carbocycles. The second kappa shape index (κ2) is 7.98. The zero-order valence-corrected chi connectivity index (χ0v) is 11.7. The van der Waals surface area contributed by atoms with E-state index in [2.05, 4.69) is 13.8 Å². The molecule has 0 aromatic heterocycles. The summed E-state index contributed by atoms with van der Waals surface area (Å²) in [7, 11) is 0. The van der Waals surface area contributed by atoms with Gasteiger partial charge in [-0.2, -0.15) is 0 Å². The molecule has 0 radical (unpaired) electrons. The van der Waals surface area contributed by atoms with Crippen molar-refractivity contribution in [1.29, 1.82) is 0 Å². The molecular formula is C15H25NO2. The molecule has 2 atom stereocenters. The van der Waals surface area contributed by atoms with E-state index in [-0.39, 0.29) is 12.1 Å². The second-order valence-corrected chi connectivity index (χ2v) is 4.42. The molecule has 3 nitrogen and oxygen atoms in total. The van der Waals surface area contributed by atoms with Crippen molar-refractivity contribution in [3.05, 3.63) is 24.3 Å². The highest BCUT2D eigenvalue weighted by Crippen LogP contribution is 2.20. The number of benzene rings is 1. The van der Waals surface area contributed by atoms with Crippen LogP contribution in [-0.2, 0) is 0 Å². The van der Waals surface area contributed by atoms with Crippen molar-refractivity contribution in [3.63, 3.8) is 0 Å². The third-order valence-electron chi connectivity index (χ3n) is 2.92. The Morgan fingerprint density at radius 2 is 1.67 bits per heavy atom. The van der Waals surface area contributed by atoms with Crippen LogP contribution < -0.4 is 15.2 Å². The quantitative estimate of drug-likeness (QED) is 0.770. The van der Waals surface area contributed by atoms with Crippen LogP contribution in [0.4, 0.5) is 0 Å². The molecule has 0 spiro atoms. The SMILES string of the molecule is CCCC(N)C(CC)Oc1ccc(OCC)cc1. The lowest BCUT2D eigenvalue weighted by molar-refractivity contribution is 0.161. The summed E-state index contributed by atoms with van der Waals surface area (Å²) in [5.74, 6) is 1.73. The lowest BCUT2D eigenvalue weighted by Gasteiger charge is -2.23. The molecule has 0 aliphatic rings. The summed E-state index contributed by atoms with van der Waals surface area (Å²) in [6.45, 7) is 6.90. The average Bonchev–Trinajstić information content (AvgIpc) is 2.38. The standard InChI is InChI=1S/C15H25NO2/c1-4-7-14(16)15(5-2)18-13-10-8-12(9-11-13)17-6-3/h8-11,14-15H,4-7,16H2,1-3H3. The molecule has 18 heavy (non-hydrogen) atoms. The Bertz CT molecular complexity index is 324. The summed E-state index contributed by atoms with van der Waals surface area (Å²) in [5, 5.41) is 0. The van der Waals surface area contributed by atoms with Crippen molar-refractivity contribution in [2.45, 2.75) is 52.2 Å². The van der Waals surface area contributed by atoms with Crippen LogP contribution in [0.1, 0.15) is 40.0 Å². The zero-order chi connectivity index (χ0) is 13.4. The maximum atomic E-state index is 6.11. The summed E-state index contributed by atoms with van der Waals surface area (Å²) >= 11 is 0. The molecule has 0 heterocycles. The lowest BCUT2D eigenvalue weighted by atomic mass is 10.0. The first-order valence-corrected chi connectivity index (χ1v) is 6.86. The van der Waals surface area contributed by atoms with Crippen LogP contribution in [0.5, 0.6) is 11.5 Å². The van der Waals surface area contributed by atoms with Gasteiger partial charge in [-0.3, -0.25) is 0 Å². The predicted molar refractivity (Wildman–Crippen MR) is 75.2 cm³/mol. The first-order chi connectivity index (χ1) is 8.71. The average molecular weight is 251 g/mol. The molecule has 102 valence electrons. The highest BCUT2D eigenvalue weighted by atomic mass is 16.5. The van der Waals surface area contributed by atoms with E-state index < -0.39 is 0 Å². The van der Waals surface area contributed by atoms with E-state index in [1.54, 1.807) is 0 Å². The molecule has 0 aliphatic carbocycles. The smallest absolute Gasteiger partial charge is 0.120 e. The van der Waals surface area contributed by atoms with Gasteiger partial charge >= 0.3 is 0 Å². The van der Waals surface area contributed by atoms with Gasteiger partial charge in [0.05, 0.1) is 6.61 Å². The molecule has 3 heteroatoms. The number of rotatable bonds is 8. The summed E-state index contributed by atoms with van der Waals surface area (Å²) < 4.78 is 11.3. The minimum atomic E-state index is 0.0860. The number of nitrogens with two attached hydrogens (primary N) is 1. The van der Waals surface area contributed by atoms with E-state index in [1.807, 2.05) is 31.2 Å². The van der Waals surface area contributed by atoms with E-state index in [1.165, 1.54) is 0 Å². The Balaban J connectivity index is 2.58. The van der Waals surface area contributed by atoms with Crippen molar-refractivity contribution < 1.29 is 9.47 Å². The third-order valence-corrected chi connectivity index (χ3v) is 2.92. The van der Waals surface area contributed by atoms with Gasteiger partial charge in [0.25, 0.3) is 0 Å². The fourth-order valence-corrected chi connectivity index (χ4v) is 1.95. The lowest BCUT2D eigenvalue weighted by Crippen LogP contribution is -2.38. The molecule has 0 aliphatic heterocycles. The van der Waals surface area contributed by atoms with Crippen LogP contribution in [0.2, 0.25) is 0 Å². The normalized spacial score (nSPS) is 14.0. The molecule has 2 unspecified atom stereocenters. The molecule has 0 saturated heterocycles. The largest absolute Gasteiger partial charge is 0.494 e. The molecule has 1 aromatic rings. The summed E-state index contributed by atoms with van der Waals surface area (Å²) in [4.78, 5) is 0. The van der Waals surface area contributed by atoms with E-state index in [9.17, 15) is 0 Å². The maximum absolute atomic E-state index is 6.11. The van der Waals surface area contributed by atoms with Gasteiger partial charge in [-0.15, -0.1) is 0 Å². The molecular weight excluding hydrogens is 226 g/mol. The first-order valence-electron chi connectivity index (χ1n) is 6.86. The van der Waals surface area contributed by atoms with Gasteiger partial charge < -0.3 is 15.2 Å². The van der Waals surface area contributed by atoms with Crippen LogP contribution in [0.3, 0.4) is 0 Å². The number of ether oxygens (including phenoxy) is 2. The van der Waals surface area contributed by atoms with Crippen LogP contribution in [0, 0.1) is 0 Å². The zero-order valence-electron chi connectivity index (χ0n) is 11.7. The number of hydrogen-bond acceptors (Lipinski definition) is 3. The highest BCUT2D eigenvalue weighted by Gasteiger charge is 2.16. The van der Waals surface area contributed by atoms with Gasteiger partial charge in [-0.1, -0.05) is 20.3 Å². The van der Waals surface area contributed by atoms with E-state index in [0.717, 1.165) is 30.8 Å². The molecule has 2 N–H and O–H groups in total. The van der Waals surface area contributed by atoms with Crippen LogP contribution in [0.25, 0.3) is 0 Å². The highest BCUT2D eigenvalue weighted by molar-refractivity contribution is 5.31. The Labute approximate surface area is 110 Å². The van der Waals surface area contributed by atoms with Crippen molar-refractivity contribution in [2.24, 2.45) is 5.73 Å². The number of hydrogen-bond donors (Lipinski definition) is 1. The van der Waals surface area contributed by atoms with E-state index in [0.29, 0.717) is 6.61 Å². The fourth-order valence-electron chi connectivity index (χ4n) is 1.95. The van der Waals surface area contributed by atoms with Gasteiger partial charge in [-0.05, 0) is 44.0 Å². The monoisotopic (exact) mass is 251 g/mol. The fraction of sp³-hybridized carbons (Fsp3) is 0.600. The van der Waals surface area contributed by atoms with Crippen molar-refractivity contribution in [2.75, 3.05) is 6.61 Å². The molecule has 0 bridgehead atoms. The van der Waals surface area contributed by atoms with E-state index >= 15 is 0 Å². The van der Waals surface area contributed by atoms with Gasteiger partial charge in [0.2, 0.25) is 0 Å².